The van der Waals surface area contributed by atoms with Gasteiger partial charge in [0.15, 0.2) is 0 Å². The van der Waals surface area contributed by atoms with Crippen LogP contribution in [0.3, 0.4) is 0 Å². The van der Waals surface area contributed by atoms with Crippen molar-refractivity contribution in [1.82, 2.24) is 10.6 Å². The van der Waals surface area contributed by atoms with Gasteiger partial charge >= 0.3 is 5.97 Å². The number of benzene rings is 1. The number of nitriles is 1. The van der Waals surface area contributed by atoms with Crippen LogP contribution in [-0.4, -0.2) is 54.4 Å². The van der Waals surface area contributed by atoms with E-state index < -0.39 is 28.9 Å². The van der Waals surface area contributed by atoms with Crippen molar-refractivity contribution in [2.75, 3.05) is 13.7 Å². The average molecular weight is 570 g/mol. The number of nitrogens with zero attached hydrogens (tertiary/aromatic N) is 1. The first-order valence-electron chi connectivity index (χ1n) is 14.9. The Bertz CT molecular complexity index is 1230. The minimum absolute atomic E-state index is 0.0112. The highest BCUT2D eigenvalue weighted by atomic mass is 19.1. The van der Waals surface area contributed by atoms with Crippen molar-refractivity contribution in [1.29, 1.82) is 5.26 Å². The second-order valence-corrected chi connectivity index (χ2v) is 12.8. The standard InChI is InChI=1S/C31H40FN3O6/c1-30(29(38)39)11-7-21(8-12-30)41-23-15-22(24(40-2)14-20(23)16-33)27(36)35-26-19-6-5-18(13-19)25(26)28(37)34-17-31(32)9-3-4-10-31/h14-15,18-19,21,25-26H,3-13,17H2,1-2H3,(H,34,37)(H,35,36)(H,38,39). The molecule has 4 saturated carbocycles. The number of ether oxygens (including phenoxy) is 2. The molecule has 4 aliphatic rings. The van der Waals surface area contributed by atoms with Gasteiger partial charge in [0.1, 0.15) is 23.2 Å². The van der Waals surface area contributed by atoms with Crippen molar-refractivity contribution >= 4 is 17.8 Å². The molecule has 0 aliphatic heterocycles. The molecule has 4 fully saturated rings. The smallest absolute Gasteiger partial charge is 0.309 e. The lowest BCUT2D eigenvalue weighted by atomic mass is 9.75. The lowest BCUT2D eigenvalue weighted by Crippen LogP contribution is -2.51. The van der Waals surface area contributed by atoms with Crippen LogP contribution in [0.4, 0.5) is 4.39 Å². The molecule has 2 bridgehead atoms. The first kappa shape index (κ1) is 29.2. The number of carboxylic acids is 1. The molecule has 5 rings (SSSR count). The van der Waals surface area contributed by atoms with Gasteiger partial charge in [-0.1, -0.05) is 12.8 Å². The van der Waals surface area contributed by atoms with Crippen LogP contribution < -0.4 is 20.1 Å². The Morgan fingerprint density at radius 3 is 2.39 bits per heavy atom. The topological polar surface area (TPSA) is 138 Å². The van der Waals surface area contributed by atoms with Gasteiger partial charge in [-0.05, 0) is 82.6 Å². The number of carbonyl (C=O) groups is 3. The Morgan fingerprint density at radius 2 is 1.76 bits per heavy atom. The van der Waals surface area contributed by atoms with E-state index in [0.717, 1.165) is 32.1 Å². The van der Waals surface area contributed by atoms with Crippen molar-refractivity contribution < 1.29 is 33.4 Å². The maximum Gasteiger partial charge on any atom is 0.309 e. The number of carbonyl (C=O) groups excluding carboxylic acids is 2. The van der Waals surface area contributed by atoms with E-state index >= 15 is 0 Å². The number of halogens is 1. The summed E-state index contributed by atoms with van der Waals surface area (Å²) in [6, 6.07) is 4.71. The fourth-order valence-electron chi connectivity index (χ4n) is 7.49. The molecule has 3 N–H and O–H groups in total. The van der Waals surface area contributed by atoms with Gasteiger partial charge in [-0.2, -0.15) is 5.26 Å². The number of hydrogen-bond acceptors (Lipinski definition) is 6. The fraction of sp³-hybridized carbons (Fsp3) is 0.677. The monoisotopic (exact) mass is 569 g/mol. The summed E-state index contributed by atoms with van der Waals surface area (Å²) in [7, 11) is 1.42. The Labute approximate surface area is 240 Å². The molecule has 4 atom stereocenters. The number of alkyl halides is 1. The van der Waals surface area contributed by atoms with Crippen LogP contribution in [0.25, 0.3) is 0 Å². The van der Waals surface area contributed by atoms with Crippen LogP contribution in [0.1, 0.15) is 93.5 Å². The summed E-state index contributed by atoms with van der Waals surface area (Å²) < 4.78 is 26.6. The Morgan fingerprint density at radius 1 is 1.07 bits per heavy atom. The molecule has 0 aromatic heterocycles. The van der Waals surface area contributed by atoms with Gasteiger partial charge in [0, 0.05) is 12.1 Å². The van der Waals surface area contributed by atoms with Crippen LogP contribution >= 0.6 is 0 Å². The zero-order valence-electron chi connectivity index (χ0n) is 23.8. The lowest BCUT2D eigenvalue weighted by molar-refractivity contribution is -0.150. The highest BCUT2D eigenvalue weighted by Crippen LogP contribution is 2.49. The molecule has 4 unspecified atom stereocenters. The molecule has 4 aliphatic carbocycles. The Kier molecular flexibility index (Phi) is 8.18. The lowest BCUT2D eigenvalue weighted by Gasteiger charge is -2.34. The number of hydrogen-bond donors (Lipinski definition) is 3. The van der Waals surface area contributed by atoms with E-state index in [1.54, 1.807) is 6.92 Å². The van der Waals surface area contributed by atoms with Gasteiger partial charge in [-0.15, -0.1) is 0 Å². The van der Waals surface area contributed by atoms with Crippen LogP contribution in [-0.2, 0) is 9.59 Å². The number of amides is 2. The molecule has 9 nitrogen and oxygen atoms in total. The average Bonchev–Trinajstić information content (AvgIpc) is 3.70. The summed E-state index contributed by atoms with van der Waals surface area (Å²) in [4.78, 5) is 38.6. The highest BCUT2D eigenvalue weighted by molar-refractivity contribution is 5.98. The fourth-order valence-corrected chi connectivity index (χ4v) is 7.49. The molecule has 0 heterocycles. The van der Waals surface area contributed by atoms with Crippen molar-refractivity contribution in [3.63, 3.8) is 0 Å². The SMILES string of the molecule is COc1cc(C#N)c(OC2CCC(C)(C(=O)O)CC2)cc1C(=O)NC1C2CCC(C2)C1C(=O)NCC1(F)CCCC1. The molecule has 2 amide bonds. The Balaban J connectivity index is 1.31. The molecular formula is C31H40FN3O6. The minimum Gasteiger partial charge on any atom is -0.496 e. The number of fused-ring (bicyclic) bond motifs is 2. The minimum atomic E-state index is -1.34. The molecule has 222 valence electrons. The van der Waals surface area contributed by atoms with E-state index in [1.807, 2.05) is 0 Å². The number of aliphatic carboxylic acids is 1. The molecule has 10 heteroatoms. The molecule has 1 aromatic rings. The third-order valence-electron chi connectivity index (χ3n) is 10.1. The summed E-state index contributed by atoms with van der Waals surface area (Å²) >= 11 is 0. The Hall–Kier alpha value is -3.35. The first-order chi connectivity index (χ1) is 19.6. The van der Waals surface area contributed by atoms with E-state index in [2.05, 4.69) is 16.7 Å². The maximum absolute atomic E-state index is 14.9. The van der Waals surface area contributed by atoms with Crippen LogP contribution in [0.15, 0.2) is 12.1 Å². The summed E-state index contributed by atoms with van der Waals surface area (Å²) in [5.74, 6) is -1.10. The summed E-state index contributed by atoms with van der Waals surface area (Å²) in [5, 5.41) is 25.2. The summed E-state index contributed by atoms with van der Waals surface area (Å²) in [6.45, 7) is 1.74. The quantitative estimate of drug-likeness (QED) is 0.398. The predicted octanol–water partition coefficient (Wildman–Crippen LogP) is 4.52. The van der Waals surface area contributed by atoms with Gasteiger partial charge in [0.25, 0.3) is 5.91 Å². The molecule has 1 aromatic carbocycles. The molecular weight excluding hydrogens is 529 g/mol. The van der Waals surface area contributed by atoms with Crippen molar-refractivity contribution in [3.8, 4) is 17.6 Å². The third kappa shape index (κ3) is 5.86. The van der Waals surface area contributed by atoms with E-state index in [-0.39, 0.29) is 59.1 Å². The van der Waals surface area contributed by atoms with Crippen molar-refractivity contribution in [2.45, 2.75) is 95.4 Å². The second kappa shape index (κ2) is 11.5. The normalized spacial score (nSPS) is 31.7. The molecule has 0 radical (unpaired) electrons. The zero-order valence-corrected chi connectivity index (χ0v) is 23.8. The van der Waals surface area contributed by atoms with Gasteiger partial charge in [0.2, 0.25) is 5.91 Å². The van der Waals surface area contributed by atoms with Gasteiger partial charge in [-0.25, -0.2) is 4.39 Å². The van der Waals surface area contributed by atoms with Crippen molar-refractivity contribution in [3.05, 3.63) is 23.3 Å². The van der Waals surface area contributed by atoms with Gasteiger partial charge in [0.05, 0.1) is 42.2 Å². The van der Waals surface area contributed by atoms with Crippen molar-refractivity contribution in [2.24, 2.45) is 23.2 Å². The molecule has 41 heavy (non-hydrogen) atoms. The maximum atomic E-state index is 14.9. The largest absolute Gasteiger partial charge is 0.496 e. The number of nitrogens with one attached hydrogen (secondary N) is 2. The first-order valence-corrected chi connectivity index (χ1v) is 14.9. The van der Waals surface area contributed by atoms with E-state index in [9.17, 15) is 29.1 Å². The van der Waals surface area contributed by atoms with Crippen LogP contribution in [0, 0.1) is 34.5 Å². The summed E-state index contributed by atoms with van der Waals surface area (Å²) in [6.07, 6.45) is 6.94. The third-order valence-corrected chi connectivity index (χ3v) is 10.1. The van der Waals surface area contributed by atoms with E-state index in [0.29, 0.717) is 38.5 Å². The molecule has 0 spiro atoms. The van der Waals surface area contributed by atoms with Crippen LogP contribution in [0.2, 0.25) is 0 Å². The predicted molar refractivity (Wildman–Crippen MR) is 147 cm³/mol. The second-order valence-electron chi connectivity index (χ2n) is 12.8. The number of carboxylic acid groups (broad SMARTS) is 1. The summed E-state index contributed by atoms with van der Waals surface area (Å²) in [5.41, 5.74) is -1.73. The van der Waals surface area contributed by atoms with E-state index in [4.69, 9.17) is 9.47 Å². The highest BCUT2D eigenvalue weighted by Gasteiger charge is 2.52. The van der Waals surface area contributed by atoms with Gasteiger partial charge < -0.3 is 25.2 Å². The van der Waals surface area contributed by atoms with Gasteiger partial charge in [-0.3, -0.25) is 14.4 Å². The van der Waals surface area contributed by atoms with E-state index in [1.165, 1.54) is 19.2 Å². The molecule has 0 saturated heterocycles. The number of rotatable bonds is 9. The van der Waals surface area contributed by atoms with Crippen LogP contribution in [0.5, 0.6) is 11.5 Å². The number of methoxy groups -OCH3 is 1. The zero-order chi connectivity index (χ0) is 29.4.